The molecule has 1 aromatic rings. The molecule has 0 bridgehead atoms. The molecular weight excluding hydrogens is 228 g/mol. The van der Waals surface area contributed by atoms with Crippen molar-refractivity contribution in [3.05, 3.63) is 23.9 Å². The molecule has 5 nitrogen and oxygen atoms in total. The fraction of sp³-hybridized carbons (Fsp3) is 0.538. The predicted octanol–water partition coefficient (Wildman–Crippen LogP) is 1.63. The molecule has 0 aromatic carbocycles. The number of hydrogen-bond acceptors (Lipinski definition) is 4. The highest BCUT2D eigenvalue weighted by Crippen LogP contribution is 2.20. The highest BCUT2D eigenvalue weighted by atomic mass is 16.2. The van der Waals surface area contributed by atoms with Gasteiger partial charge in [0.05, 0.1) is 5.56 Å². The molecule has 0 saturated carbocycles. The lowest BCUT2D eigenvalue weighted by molar-refractivity contribution is 0.0761. The van der Waals surface area contributed by atoms with E-state index in [1.54, 1.807) is 18.3 Å². The first-order valence-electron chi connectivity index (χ1n) is 6.43. The normalized spacial score (nSPS) is 20.3. The maximum atomic E-state index is 12.4. The standard InChI is InChI=1S/C13H20N4O/c1-10-4-3-8-17(9-6-10)13(18)11-5-2-7-15-12(11)16-14/h2,5,7,10H,3-4,6,8-9,14H2,1H3,(H,15,16). The summed E-state index contributed by atoms with van der Waals surface area (Å²) in [6.45, 7) is 3.88. The van der Waals surface area contributed by atoms with Gasteiger partial charge in [0.1, 0.15) is 0 Å². The lowest BCUT2D eigenvalue weighted by atomic mass is 10.0. The number of carbonyl (C=O) groups excluding carboxylic acids is 1. The van der Waals surface area contributed by atoms with Crippen molar-refractivity contribution in [2.75, 3.05) is 18.5 Å². The Hall–Kier alpha value is -1.62. The highest BCUT2D eigenvalue weighted by Gasteiger charge is 2.21. The molecule has 1 amide bonds. The Bertz CT molecular complexity index is 421. The van der Waals surface area contributed by atoms with Crippen molar-refractivity contribution in [2.45, 2.75) is 26.2 Å². The van der Waals surface area contributed by atoms with Gasteiger partial charge in [-0.25, -0.2) is 10.8 Å². The van der Waals surface area contributed by atoms with Gasteiger partial charge in [-0.2, -0.15) is 0 Å². The Labute approximate surface area is 107 Å². The first kappa shape index (κ1) is 12.8. The van der Waals surface area contributed by atoms with Gasteiger partial charge in [-0.3, -0.25) is 4.79 Å². The third-order valence-electron chi connectivity index (χ3n) is 3.48. The van der Waals surface area contributed by atoms with Crippen LogP contribution in [0.3, 0.4) is 0 Å². The van der Waals surface area contributed by atoms with Crippen LogP contribution in [-0.4, -0.2) is 28.9 Å². The Kier molecular flexibility index (Phi) is 4.15. The smallest absolute Gasteiger partial charge is 0.257 e. The van der Waals surface area contributed by atoms with E-state index >= 15 is 0 Å². The molecule has 1 aromatic heterocycles. The largest absolute Gasteiger partial charge is 0.339 e. The van der Waals surface area contributed by atoms with Crippen molar-refractivity contribution in [2.24, 2.45) is 11.8 Å². The molecule has 98 valence electrons. The van der Waals surface area contributed by atoms with Crippen LogP contribution in [0.15, 0.2) is 18.3 Å². The number of likely N-dealkylation sites (tertiary alicyclic amines) is 1. The molecule has 0 aliphatic carbocycles. The van der Waals surface area contributed by atoms with Gasteiger partial charge in [-0.15, -0.1) is 0 Å². The number of anilines is 1. The Morgan fingerprint density at radius 3 is 3.11 bits per heavy atom. The Morgan fingerprint density at radius 2 is 2.33 bits per heavy atom. The van der Waals surface area contributed by atoms with E-state index in [1.165, 1.54) is 6.42 Å². The van der Waals surface area contributed by atoms with Gasteiger partial charge in [-0.1, -0.05) is 6.92 Å². The number of aromatic nitrogens is 1. The van der Waals surface area contributed by atoms with Crippen LogP contribution in [0.1, 0.15) is 36.5 Å². The van der Waals surface area contributed by atoms with E-state index in [-0.39, 0.29) is 5.91 Å². The minimum Gasteiger partial charge on any atom is -0.339 e. The highest BCUT2D eigenvalue weighted by molar-refractivity contribution is 5.98. The maximum absolute atomic E-state index is 12.4. The van der Waals surface area contributed by atoms with Crippen LogP contribution >= 0.6 is 0 Å². The van der Waals surface area contributed by atoms with Crippen molar-refractivity contribution in [1.82, 2.24) is 9.88 Å². The summed E-state index contributed by atoms with van der Waals surface area (Å²) in [7, 11) is 0. The molecular formula is C13H20N4O. The molecule has 1 aliphatic rings. The molecule has 1 atom stereocenters. The average Bonchev–Trinajstić information content (AvgIpc) is 2.62. The number of pyridine rings is 1. The monoisotopic (exact) mass is 248 g/mol. The van der Waals surface area contributed by atoms with Gasteiger partial charge < -0.3 is 10.3 Å². The summed E-state index contributed by atoms with van der Waals surface area (Å²) in [4.78, 5) is 18.4. The first-order valence-corrected chi connectivity index (χ1v) is 6.43. The molecule has 1 unspecified atom stereocenters. The van der Waals surface area contributed by atoms with Crippen LogP contribution < -0.4 is 11.3 Å². The van der Waals surface area contributed by atoms with Crippen molar-refractivity contribution < 1.29 is 4.79 Å². The minimum atomic E-state index is 0.0187. The van der Waals surface area contributed by atoms with Gasteiger partial charge >= 0.3 is 0 Å². The van der Waals surface area contributed by atoms with Crippen LogP contribution in [0.25, 0.3) is 0 Å². The van der Waals surface area contributed by atoms with E-state index in [4.69, 9.17) is 5.84 Å². The van der Waals surface area contributed by atoms with Crippen molar-refractivity contribution >= 4 is 11.7 Å². The van der Waals surface area contributed by atoms with Crippen LogP contribution in [0.2, 0.25) is 0 Å². The zero-order chi connectivity index (χ0) is 13.0. The van der Waals surface area contributed by atoms with E-state index in [2.05, 4.69) is 17.3 Å². The van der Waals surface area contributed by atoms with Gasteiger partial charge in [0.25, 0.3) is 5.91 Å². The van der Waals surface area contributed by atoms with E-state index in [1.807, 2.05) is 4.90 Å². The van der Waals surface area contributed by atoms with E-state index in [0.717, 1.165) is 25.9 Å². The van der Waals surface area contributed by atoms with Gasteiger partial charge in [0.15, 0.2) is 5.82 Å². The number of nitrogens with zero attached hydrogens (tertiary/aromatic N) is 2. The molecule has 2 rings (SSSR count). The molecule has 0 radical (unpaired) electrons. The van der Waals surface area contributed by atoms with Crippen molar-refractivity contribution in [3.8, 4) is 0 Å². The van der Waals surface area contributed by atoms with E-state index in [9.17, 15) is 4.79 Å². The summed E-state index contributed by atoms with van der Waals surface area (Å²) in [5.74, 6) is 6.55. The lowest BCUT2D eigenvalue weighted by Crippen LogP contribution is -2.33. The quantitative estimate of drug-likeness (QED) is 0.616. The fourth-order valence-electron chi connectivity index (χ4n) is 2.33. The molecule has 1 fully saturated rings. The van der Waals surface area contributed by atoms with Crippen molar-refractivity contribution in [3.63, 3.8) is 0 Å². The average molecular weight is 248 g/mol. The van der Waals surface area contributed by atoms with Gasteiger partial charge in [-0.05, 0) is 37.3 Å². The van der Waals surface area contributed by atoms with Gasteiger partial charge in [0, 0.05) is 19.3 Å². The molecule has 5 heteroatoms. The molecule has 0 spiro atoms. The summed E-state index contributed by atoms with van der Waals surface area (Å²) >= 11 is 0. The summed E-state index contributed by atoms with van der Waals surface area (Å²) in [6.07, 6.45) is 4.95. The number of amides is 1. The number of nitrogen functional groups attached to an aromatic ring is 1. The molecule has 18 heavy (non-hydrogen) atoms. The first-order chi connectivity index (χ1) is 8.72. The Balaban J connectivity index is 2.15. The molecule has 2 heterocycles. The number of carbonyl (C=O) groups is 1. The number of hydrazine groups is 1. The van der Waals surface area contributed by atoms with Crippen molar-refractivity contribution in [1.29, 1.82) is 0 Å². The second kappa shape index (κ2) is 5.82. The molecule has 1 aliphatic heterocycles. The second-order valence-corrected chi connectivity index (χ2v) is 4.87. The van der Waals surface area contributed by atoms with Crippen LogP contribution in [-0.2, 0) is 0 Å². The summed E-state index contributed by atoms with van der Waals surface area (Å²) in [5, 5.41) is 0. The zero-order valence-electron chi connectivity index (χ0n) is 10.7. The van der Waals surface area contributed by atoms with Crippen LogP contribution in [0, 0.1) is 5.92 Å². The number of hydrogen-bond donors (Lipinski definition) is 2. The zero-order valence-corrected chi connectivity index (χ0v) is 10.7. The summed E-state index contributed by atoms with van der Waals surface area (Å²) < 4.78 is 0. The molecule has 1 saturated heterocycles. The Morgan fingerprint density at radius 1 is 1.50 bits per heavy atom. The fourth-order valence-corrected chi connectivity index (χ4v) is 2.33. The number of nitrogens with one attached hydrogen (secondary N) is 1. The lowest BCUT2D eigenvalue weighted by Gasteiger charge is -2.21. The third kappa shape index (κ3) is 2.79. The number of rotatable bonds is 2. The van der Waals surface area contributed by atoms with Gasteiger partial charge in [0.2, 0.25) is 0 Å². The predicted molar refractivity (Wildman–Crippen MR) is 71.0 cm³/mol. The minimum absolute atomic E-state index is 0.0187. The SMILES string of the molecule is CC1CCCN(C(=O)c2cccnc2NN)CC1. The third-order valence-corrected chi connectivity index (χ3v) is 3.48. The van der Waals surface area contributed by atoms with Crippen LogP contribution in [0.4, 0.5) is 5.82 Å². The topological polar surface area (TPSA) is 71.2 Å². The van der Waals surface area contributed by atoms with E-state index < -0.39 is 0 Å². The second-order valence-electron chi connectivity index (χ2n) is 4.87. The molecule has 3 N–H and O–H groups in total. The summed E-state index contributed by atoms with van der Waals surface area (Å²) in [5.41, 5.74) is 3.03. The number of nitrogens with two attached hydrogens (primary N) is 1. The van der Waals surface area contributed by atoms with Crippen LogP contribution in [0.5, 0.6) is 0 Å². The maximum Gasteiger partial charge on any atom is 0.257 e. The summed E-state index contributed by atoms with van der Waals surface area (Å²) in [6, 6.07) is 3.52. The van der Waals surface area contributed by atoms with E-state index in [0.29, 0.717) is 17.3 Å².